The van der Waals surface area contributed by atoms with Gasteiger partial charge in [-0.2, -0.15) is 0 Å². The summed E-state index contributed by atoms with van der Waals surface area (Å²) < 4.78 is 7.63. The van der Waals surface area contributed by atoms with Gasteiger partial charge in [-0.3, -0.25) is 0 Å². The van der Waals surface area contributed by atoms with E-state index in [-0.39, 0.29) is 0 Å². The van der Waals surface area contributed by atoms with Gasteiger partial charge >= 0.3 is 0 Å². The quantitative estimate of drug-likeness (QED) is 0.814. The number of hydrogen-bond acceptors (Lipinski definition) is 3. The van der Waals surface area contributed by atoms with Crippen LogP contribution in [0.2, 0.25) is 0 Å². The molecule has 0 amide bonds. The second-order valence-corrected chi connectivity index (χ2v) is 6.22. The minimum atomic E-state index is 0.538. The minimum absolute atomic E-state index is 0.538. The Morgan fingerprint density at radius 2 is 2.27 bits per heavy atom. The van der Waals surface area contributed by atoms with Crippen LogP contribution in [-0.4, -0.2) is 21.6 Å². The Bertz CT molecular complexity index is 689. The van der Waals surface area contributed by atoms with Gasteiger partial charge in [0.15, 0.2) is 0 Å². The Hall–Kier alpha value is -2.10. The number of nitrogens with zero attached hydrogens (tertiary/aromatic N) is 3. The molecule has 1 atom stereocenters. The maximum atomic E-state index is 5.67. The van der Waals surface area contributed by atoms with E-state index in [2.05, 4.69) is 46.9 Å². The normalized spacial score (nSPS) is 20.5. The fourth-order valence-corrected chi connectivity index (χ4v) is 3.34. The van der Waals surface area contributed by atoms with Gasteiger partial charge in [0.25, 0.3) is 0 Å². The monoisotopic (exact) mass is 295 g/mol. The minimum Gasteiger partial charge on any atom is -0.493 e. The van der Waals surface area contributed by atoms with Crippen LogP contribution in [-0.2, 0) is 13.0 Å². The van der Waals surface area contributed by atoms with E-state index in [1.165, 1.54) is 17.5 Å². The average molecular weight is 295 g/mol. The zero-order valence-electron chi connectivity index (χ0n) is 12.7. The summed E-state index contributed by atoms with van der Waals surface area (Å²) in [6.07, 6.45) is 12.3. The summed E-state index contributed by atoms with van der Waals surface area (Å²) in [5.41, 5.74) is 3.72. The first-order valence-corrected chi connectivity index (χ1v) is 8.18. The molecule has 114 valence electrons. The highest BCUT2D eigenvalue weighted by Gasteiger charge is 2.16. The molecular formula is C18H21N3O. The van der Waals surface area contributed by atoms with Gasteiger partial charge in [-0.15, -0.1) is 5.10 Å². The highest BCUT2D eigenvalue weighted by molar-refractivity contribution is 5.38. The molecule has 0 fully saturated rings. The predicted molar refractivity (Wildman–Crippen MR) is 85.1 cm³/mol. The first-order chi connectivity index (χ1) is 10.9. The molecule has 0 N–H and O–H groups in total. The van der Waals surface area contributed by atoms with E-state index in [4.69, 9.17) is 4.74 Å². The molecule has 1 aliphatic carbocycles. The summed E-state index contributed by atoms with van der Waals surface area (Å²) in [5.74, 6) is 1.58. The number of benzene rings is 1. The first-order valence-electron chi connectivity index (χ1n) is 8.18. The van der Waals surface area contributed by atoms with Crippen molar-refractivity contribution in [3.05, 3.63) is 53.4 Å². The van der Waals surface area contributed by atoms with Crippen LogP contribution in [0.3, 0.4) is 0 Å². The molecular weight excluding hydrogens is 274 g/mol. The summed E-state index contributed by atoms with van der Waals surface area (Å²) in [4.78, 5) is 0. The fourth-order valence-electron chi connectivity index (χ4n) is 3.34. The predicted octanol–water partition coefficient (Wildman–Crippen LogP) is 3.48. The second-order valence-electron chi connectivity index (χ2n) is 6.22. The van der Waals surface area contributed by atoms with E-state index in [1.54, 1.807) is 0 Å². The van der Waals surface area contributed by atoms with Crippen LogP contribution in [0.15, 0.2) is 36.5 Å². The van der Waals surface area contributed by atoms with Crippen LogP contribution in [0.4, 0.5) is 0 Å². The van der Waals surface area contributed by atoms with Crippen LogP contribution >= 0.6 is 0 Å². The number of allylic oxidation sites excluding steroid dienone is 2. The molecule has 4 nitrogen and oxygen atoms in total. The third-order valence-corrected chi connectivity index (χ3v) is 4.56. The molecule has 0 bridgehead atoms. The lowest BCUT2D eigenvalue weighted by atomic mass is 9.92. The van der Waals surface area contributed by atoms with Crippen molar-refractivity contribution in [2.75, 3.05) is 6.61 Å². The topological polar surface area (TPSA) is 39.9 Å². The van der Waals surface area contributed by atoms with Gasteiger partial charge in [0.2, 0.25) is 0 Å². The van der Waals surface area contributed by atoms with Crippen molar-refractivity contribution in [3.63, 3.8) is 0 Å². The van der Waals surface area contributed by atoms with Gasteiger partial charge in [-0.05, 0) is 49.3 Å². The highest BCUT2D eigenvalue weighted by Crippen LogP contribution is 2.28. The van der Waals surface area contributed by atoms with Gasteiger partial charge in [0.05, 0.1) is 18.8 Å². The summed E-state index contributed by atoms with van der Waals surface area (Å²) >= 11 is 0. The van der Waals surface area contributed by atoms with Gasteiger partial charge in [-0.25, -0.2) is 4.68 Å². The molecule has 1 aromatic carbocycles. The Balaban J connectivity index is 1.49. The number of hydrogen-bond donors (Lipinski definition) is 0. The van der Waals surface area contributed by atoms with E-state index in [0.29, 0.717) is 5.92 Å². The summed E-state index contributed by atoms with van der Waals surface area (Å²) in [6, 6.07) is 6.47. The smallest absolute Gasteiger partial charge is 0.122 e. The van der Waals surface area contributed by atoms with Crippen molar-refractivity contribution in [1.29, 1.82) is 0 Å². The second kappa shape index (κ2) is 5.95. The molecule has 1 aliphatic heterocycles. The summed E-state index contributed by atoms with van der Waals surface area (Å²) in [7, 11) is 0. The molecule has 22 heavy (non-hydrogen) atoms. The zero-order valence-corrected chi connectivity index (χ0v) is 12.7. The number of aryl methyl sites for hydroxylation is 1. The number of aromatic nitrogens is 3. The Labute approximate surface area is 130 Å². The summed E-state index contributed by atoms with van der Waals surface area (Å²) in [5, 5.41) is 8.69. The Kier molecular flexibility index (Phi) is 3.67. The molecule has 0 spiro atoms. The fraction of sp³-hybridized carbons (Fsp3) is 0.444. The van der Waals surface area contributed by atoms with Gasteiger partial charge in [0.1, 0.15) is 5.75 Å². The van der Waals surface area contributed by atoms with Crippen LogP contribution in [0.5, 0.6) is 5.75 Å². The van der Waals surface area contributed by atoms with E-state index < -0.39 is 0 Å². The lowest BCUT2D eigenvalue weighted by Crippen LogP contribution is -2.09. The van der Waals surface area contributed by atoms with Gasteiger partial charge in [0, 0.05) is 12.1 Å². The van der Waals surface area contributed by atoms with E-state index in [9.17, 15) is 0 Å². The molecule has 1 aromatic heterocycles. The van der Waals surface area contributed by atoms with E-state index in [0.717, 1.165) is 50.3 Å². The number of rotatable bonds is 3. The van der Waals surface area contributed by atoms with E-state index in [1.807, 2.05) is 4.68 Å². The third-order valence-electron chi connectivity index (χ3n) is 4.56. The van der Waals surface area contributed by atoms with Crippen LogP contribution in [0.1, 0.15) is 48.4 Å². The molecule has 0 radical (unpaired) electrons. The van der Waals surface area contributed by atoms with Crippen molar-refractivity contribution in [2.45, 2.75) is 44.6 Å². The molecule has 0 saturated heterocycles. The molecule has 4 rings (SSSR count). The maximum absolute atomic E-state index is 5.67. The lowest BCUT2D eigenvalue weighted by molar-refractivity contribution is 0.288. The van der Waals surface area contributed by atoms with Crippen LogP contribution in [0, 0.1) is 0 Å². The number of fused-ring (bicyclic) bond motifs is 1. The van der Waals surface area contributed by atoms with Crippen molar-refractivity contribution < 1.29 is 4.74 Å². The van der Waals surface area contributed by atoms with Gasteiger partial charge < -0.3 is 4.74 Å². The van der Waals surface area contributed by atoms with Crippen LogP contribution in [0.25, 0.3) is 0 Å². The van der Waals surface area contributed by atoms with Crippen molar-refractivity contribution >= 4 is 0 Å². The number of ether oxygens (including phenoxy) is 1. The Morgan fingerprint density at radius 1 is 1.27 bits per heavy atom. The van der Waals surface area contributed by atoms with E-state index >= 15 is 0 Å². The molecule has 2 heterocycles. The first kappa shape index (κ1) is 13.6. The van der Waals surface area contributed by atoms with Gasteiger partial charge in [-0.1, -0.05) is 29.5 Å². The molecule has 1 unspecified atom stereocenters. The standard InChI is InChI=1S/C18H21N3O/c1-2-5-15(6-3-1)17-13-21(20-19-17)12-14-8-9-18-16(11-14)7-4-10-22-18/h1-2,8-9,11,13,15H,3-7,10,12H2. The molecule has 0 saturated carbocycles. The third kappa shape index (κ3) is 2.78. The van der Waals surface area contributed by atoms with Crippen molar-refractivity contribution in [2.24, 2.45) is 0 Å². The van der Waals surface area contributed by atoms with Crippen molar-refractivity contribution in [1.82, 2.24) is 15.0 Å². The zero-order chi connectivity index (χ0) is 14.8. The molecule has 2 aromatic rings. The lowest BCUT2D eigenvalue weighted by Gasteiger charge is -2.17. The van der Waals surface area contributed by atoms with Crippen molar-refractivity contribution in [3.8, 4) is 5.75 Å². The SMILES string of the molecule is C1=CCC(c2cn(Cc3ccc4c(c3)CCCO4)nn2)CC1. The highest BCUT2D eigenvalue weighted by atomic mass is 16.5. The molecule has 2 aliphatic rings. The average Bonchev–Trinajstić information content (AvgIpc) is 3.04. The largest absolute Gasteiger partial charge is 0.493 e. The van der Waals surface area contributed by atoms with Crippen LogP contribution < -0.4 is 4.74 Å². The summed E-state index contributed by atoms with van der Waals surface area (Å²) in [6.45, 7) is 1.62. The maximum Gasteiger partial charge on any atom is 0.122 e. The molecule has 4 heteroatoms. The Morgan fingerprint density at radius 3 is 3.18 bits per heavy atom.